The van der Waals surface area contributed by atoms with Crippen LogP contribution in [-0.2, 0) is 0 Å². The fourth-order valence-corrected chi connectivity index (χ4v) is 2.64. The van der Waals surface area contributed by atoms with E-state index in [0.29, 0.717) is 11.7 Å². The van der Waals surface area contributed by atoms with Crippen molar-refractivity contribution in [1.29, 1.82) is 0 Å². The Balaban J connectivity index is 2.15. The Hall–Kier alpha value is -1.07. The second-order valence-corrected chi connectivity index (χ2v) is 5.31. The molecule has 1 aromatic rings. The summed E-state index contributed by atoms with van der Waals surface area (Å²) in [6.45, 7) is 3.92. The number of nitrogen functional groups attached to an aromatic ring is 1. The summed E-state index contributed by atoms with van der Waals surface area (Å²) >= 11 is 5.90. The second-order valence-electron chi connectivity index (χ2n) is 4.97. The van der Waals surface area contributed by atoms with E-state index in [1.807, 2.05) is 14.0 Å². The van der Waals surface area contributed by atoms with Gasteiger partial charge in [0.2, 0.25) is 5.28 Å². The fourth-order valence-electron chi connectivity index (χ4n) is 2.44. The minimum atomic E-state index is 0.253. The molecule has 0 aromatic carbocycles. The molecule has 1 fully saturated rings. The molecule has 1 aromatic heterocycles. The van der Waals surface area contributed by atoms with E-state index < -0.39 is 0 Å². The highest BCUT2D eigenvalue weighted by atomic mass is 35.5. The van der Waals surface area contributed by atoms with Crippen LogP contribution >= 0.6 is 11.6 Å². The van der Waals surface area contributed by atoms with Crippen LogP contribution in [0.4, 0.5) is 11.5 Å². The topological polar surface area (TPSA) is 58.3 Å². The molecule has 0 amide bonds. The second kappa shape index (κ2) is 5.28. The van der Waals surface area contributed by atoms with E-state index in [4.69, 9.17) is 17.3 Å². The SMILES string of the molecule is Cc1nc(Cl)nc(N(C)CC2CCCN2C)c1N. The van der Waals surface area contributed by atoms with Crippen molar-refractivity contribution in [3.8, 4) is 0 Å². The molecule has 100 valence electrons. The van der Waals surface area contributed by atoms with E-state index in [2.05, 4.69) is 26.8 Å². The summed E-state index contributed by atoms with van der Waals surface area (Å²) in [6.07, 6.45) is 2.48. The molecule has 2 rings (SSSR count). The summed E-state index contributed by atoms with van der Waals surface area (Å²) < 4.78 is 0. The van der Waals surface area contributed by atoms with Crippen LogP contribution in [0.15, 0.2) is 0 Å². The molecule has 2 N–H and O–H groups in total. The maximum atomic E-state index is 6.02. The van der Waals surface area contributed by atoms with Crippen molar-refractivity contribution in [2.75, 3.05) is 37.8 Å². The number of nitrogens with zero attached hydrogens (tertiary/aromatic N) is 4. The molecule has 1 atom stereocenters. The van der Waals surface area contributed by atoms with Crippen molar-refractivity contribution >= 4 is 23.1 Å². The number of halogens is 1. The largest absolute Gasteiger partial charge is 0.394 e. The lowest BCUT2D eigenvalue weighted by Crippen LogP contribution is -2.37. The maximum Gasteiger partial charge on any atom is 0.224 e. The lowest BCUT2D eigenvalue weighted by atomic mass is 10.2. The average molecular weight is 270 g/mol. The van der Waals surface area contributed by atoms with Gasteiger partial charge in [-0.2, -0.15) is 4.98 Å². The van der Waals surface area contributed by atoms with Gasteiger partial charge in [-0.3, -0.25) is 0 Å². The summed E-state index contributed by atoms with van der Waals surface area (Å²) in [4.78, 5) is 12.7. The highest BCUT2D eigenvalue weighted by molar-refractivity contribution is 6.28. The zero-order valence-electron chi connectivity index (χ0n) is 11.1. The van der Waals surface area contributed by atoms with Crippen molar-refractivity contribution in [1.82, 2.24) is 14.9 Å². The highest BCUT2D eigenvalue weighted by Gasteiger charge is 2.23. The Morgan fingerprint density at radius 3 is 2.83 bits per heavy atom. The Bertz CT molecular complexity index is 437. The monoisotopic (exact) mass is 269 g/mol. The molecular formula is C12H20ClN5. The molecule has 1 saturated heterocycles. The zero-order valence-corrected chi connectivity index (χ0v) is 11.9. The molecule has 0 saturated carbocycles. The van der Waals surface area contributed by atoms with E-state index in [9.17, 15) is 0 Å². The van der Waals surface area contributed by atoms with Gasteiger partial charge in [0.05, 0.1) is 11.4 Å². The van der Waals surface area contributed by atoms with Crippen molar-refractivity contribution in [3.63, 3.8) is 0 Å². The molecule has 0 aliphatic carbocycles. The minimum Gasteiger partial charge on any atom is -0.394 e. The minimum absolute atomic E-state index is 0.253. The number of aromatic nitrogens is 2. The quantitative estimate of drug-likeness (QED) is 0.844. The number of aryl methyl sites for hydroxylation is 1. The van der Waals surface area contributed by atoms with E-state index in [1.165, 1.54) is 12.8 Å². The van der Waals surface area contributed by atoms with Gasteiger partial charge in [0, 0.05) is 19.6 Å². The zero-order chi connectivity index (χ0) is 13.3. The predicted molar refractivity (Wildman–Crippen MR) is 75.1 cm³/mol. The van der Waals surface area contributed by atoms with Crippen LogP contribution < -0.4 is 10.6 Å². The maximum absolute atomic E-state index is 6.02. The number of rotatable bonds is 3. The summed E-state index contributed by atoms with van der Waals surface area (Å²) in [6, 6.07) is 0.559. The Kier molecular flexibility index (Phi) is 3.92. The molecule has 1 aliphatic rings. The van der Waals surface area contributed by atoms with Gasteiger partial charge in [-0.05, 0) is 45.0 Å². The molecule has 0 bridgehead atoms. The smallest absolute Gasteiger partial charge is 0.224 e. The number of hydrogen-bond donors (Lipinski definition) is 1. The van der Waals surface area contributed by atoms with Crippen LogP contribution in [0.1, 0.15) is 18.5 Å². The summed E-state index contributed by atoms with van der Waals surface area (Å²) in [7, 11) is 4.16. The Morgan fingerprint density at radius 2 is 2.22 bits per heavy atom. The van der Waals surface area contributed by atoms with Gasteiger partial charge < -0.3 is 15.5 Å². The van der Waals surface area contributed by atoms with Crippen LogP contribution in [0.5, 0.6) is 0 Å². The molecule has 6 heteroatoms. The van der Waals surface area contributed by atoms with Crippen molar-refractivity contribution in [3.05, 3.63) is 11.0 Å². The molecule has 18 heavy (non-hydrogen) atoms. The standard InChI is InChI=1S/C12H20ClN5/c1-8-10(14)11(16-12(13)15-8)18(3)7-9-5-4-6-17(9)2/h9H,4-7,14H2,1-3H3. The van der Waals surface area contributed by atoms with E-state index in [0.717, 1.165) is 24.6 Å². The van der Waals surface area contributed by atoms with Crippen molar-refractivity contribution in [2.24, 2.45) is 0 Å². The van der Waals surface area contributed by atoms with E-state index in [1.54, 1.807) is 0 Å². The molecule has 5 nitrogen and oxygen atoms in total. The van der Waals surface area contributed by atoms with Gasteiger partial charge in [0.15, 0.2) is 5.82 Å². The van der Waals surface area contributed by atoms with Gasteiger partial charge in [-0.1, -0.05) is 0 Å². The summed E-state index contributed by atoms with van der Waals surface area (Å²) in [5, 5.41) is 0.253. The first-order valence-corrected chi connectivity index (χ1v) is 6.58. The van der Waals surface area contributed by atoms with Gasteiger partial charge in [-0.15, -0.1) is 0 Å². The Morgan fingerprint density at radius 1 is 1.50 bits per heavy atom. The van der Waals surface area contributed by atoms with Gasteiger partial charge in [-0.25, -0.2) is 4.98 Å². The van der Waals surface area contributed by atoms with Gasteiger partial charge in [0.1, 0.15) is 0 Å². The highest BCUT2D eigenvalue weighted by Crippen LogP contribution is 2.25. The first kappa shape index (κ1) is 13.4. The summed E-state index contributed by atoms with van der Waals surface area (Å²) in [5.41, 5.74) is 7.37. The van der Waals surface area contributed by atoms with Crippen molar-refractivity contribution in [2.45, 2.75) is 25.8 Å². The number of nitrogens with two attached hydrogens (primary N) is 1. The van der Waals surface area contributed by atoms with Crippen LogP contribution in [0.25, 0.3) is 0 Å². The predicted octanol–water partition coefficient (Wildman–Crippen LogP) is 1.55. The van der Waals surface area contributed by atoms with Gasteiger partial charge >= 0.3 is 0 Å². The van der Waals surface area contributed by atoms with Crippen molar-refractivity contribution < 1.29 is 0 Å². The number of likely N-dealkylation sites (tertiary alicyclic amines) is 1. The fraction of sp³-hybridized carbons (Fsp3) is 0.667. The van der Waals surface area contributed by atoms with Crippen LogP contribution in [-0.4, -0.2) is 48.1 Å². The van der Waals surface area contributed by atoms with E-state index >= 15 is 0 Å². The molecule has 1 unspecified atom stereocenters. The molecular weight excluding hydrogens is 250 g/mol. The summed E-state index contributed by atoms with van der Waals surface area (Å²) in [5.74, 6) is 0.729. The molecule has 2 heterocycles. The lowest BCUT2D eigenvalue weighted by Gasteiger charge is -2.27. The molecule has 0 spiro atoms. The van der Waals surface area contributed by atoms with Crippen LogP contribution in [0, 0.1) is 6.92 Å². The van der Waals surface area contributed by atoms with Crippen LogP contribution in [0.3, 0.4) is 0 Å². The van der Waals surface area contributed by atoms with Crippen LogP contribution in [0.2, 0.25) is 5.28 Å². The molecule has 0 radical (unpaired) electrons. The van der Waals surface area contributed by atoms with E-state index in [-0.39, 0.29) is 5.28 Å². The first-order valence-electron chi connectivity index (χ1n) is 6.20. The lowest BCUT2D eigenvalue weighted by molar-refractivity contribution is 0.314. The van der Waals surface area contributed by atoms with Gasteiger partial charge in [0.25, 0.3) is 0 Å². The third kappa shape index (κ3) is 2.67. The Labute approximate surface area is 113 Å². The number of hydrogen-bond acceptors (Lipinski definition) is 5. The number of anilines is 2. The first-order chi connectivity index (χ1) is 8.49. The third-order valence-corrected chi connectivity index (χ3v) is 3.78. The normalized spacial score (nSPS) is 20.3. The number of likely N-dealkylation sites (N-methyl/N-ethyl adjacent to an activating group) is 2. The third-order valence-electron chi connectivity index (χ3n) is 3.61. The molecule has 1 aliphatic heterocycles. The average Bonchev–Trinajstić information content (AvgIpc) is 2.69.